The van der Waals surface area contributed by atoms with Gasteiger partial charge in [0.15, 0.2) is 6.29 Å². The number of carbonyl (C=O) groups excluding carboxylic acids is 1. The minimum absolute atomic E-state index is 0.549. The Bertz CT molecular complexity index is 410. The summed E-state index contributed by atoms with van der Waals surface area (Å²) in [6.07, 6.45) is 7.40. The minimum atomic E-state index is 0.549. The topological polar surface area (TPSA) is 47.8 Å². The van der Waals surface area contributed by atoms with Crippen molar-refractivity contribution in [1.82, 2.24) is 14.8 Å². The highest BCUT2D eigenvalue weighted by atomic mass is 16.1. The SMILES string of the molecule is CC.O=Cc1cncc(-n2cccn2)c1. The Labute approximate surface area is 88.6 Å². The van der Waals surface area contributed by atoms with E-state index in [-0.39, 0.29) is 0 Å². The van der Waals surface area contributed by atoms with E-state index in [1.54, 1.807) is 29.3 Å². The van der Waals surface area contributed by atoms with Gasteiger partial charge in [0.05, 0.1) is 11.9 Å². The largest absolute Gasteiger partial charge is 0.298 e. The van der Waals surface area contributed by atoms with Gasteiger partial charge in [-0.15, -0.1) is 0 Å². The van der Waals surface area contributed by atoms with Gasteiger partial charge >= 0.3 is 0 Å². The van der Waals surface area contributed by atoms with Crippen molar-refractivity contribution in [2.75, 3.05) is 0 Å². The standard InChI is InChI=1S/C9H7N3O.C2H6/c13-7-8-4-9(6-10-5-8)12-3-1-2-11-12;1-2/h1-7H;1-2H3. The Hall–Kier alpha value is -1.97. The molecule has 2 aromatic rings. The normalized spacial score (nSPS) is 8.93. The summed E-state index contributed by atoms with van der Waals surface area (Å²) < 4.78 is 1.65. The van der Waals surface area contributed by atoms with Crippen LogP contribution in [-0.4, -0.2) is 21.1 Å². The van der Waals surface area contributed by atoms with Crippen molar-refractivity contribution in [3.05, 3.63) is 42.5 Å². The molecule has 2 heterocycles. The van der Waals surface area contributed by atoms with Crippen molar-refractivity contribution in [3.8, 4) is 5.69 Å². The number of hydrogen-bond acceptors (Lipinski definition) is 3. The van der Waals surface area contributed by atoms with E-state index in [0.717, 1.165) is 12.0 Å². The second kappa shape index (κ2) is 5.70. The fourth-order valence-electron chi connectivity index (χ4n) is 1.06. The first-order valence-corrected chi connectivity index (χ1v) is 4.80. The Morgan fingerprint density at radius 1 is 1.33 bits per heavy atom. The average Bonchev–Trinajstić information content (AvgIpc) is 2.85. The third kappa shape index (κ3) is 2.74. The molecule has 0 N–H and O–H groups in total. The number of pyridine rings is 1. The Morgan fingerprint density at radius 2 is 2.13 bits per heavy atom. The van der Waals surface area contributed by atoms with E-state index >= 15 is 0 Å². The van der Waals surface area contributed by atoms with Crippen molar-refractivity contribution in [2.24, 2.45) is 0 Å². The van der Waals surface area contributed by atoms with Gasteiger partial charge in [0.1, 0.15) is 0 Å². The van der Waals surface area contributed by atoms with Crippen LogP contribution in [0, 0.1) is 0 Å². The van der Waals surface area contributed by atoms with Crippen LogP contribution in [0.5, 0.6) is 0 Å². The Balaban J connectivity index is 0.000000531. The summed E-state index contributed by atoms with van der Waals surface area (Å²) in [5.41, 5.74) is 1.34. The summed E-state index contributed by atoms with van der Waals surface area (Å²) in [5.74, 6) is 0. The zero-order valence-corrected chi connectivity index (χ0v) is 8.79. The van der Waals surface area contributed by atoms with Crippen LogP contribution in [0.15, 0.2) is 36.9 Å². The summed E-state index contributed by atoms with van der Waals surface area (Å²) in [4.78, 5) is 14.4. The maximum Gasteiger partial charge on any atom is 0.151 e. The number of aldehydes is 1. The molecule has 4 nitrogen and oxygen atoms in total. The van der Waals surface area contributed by atoms with Gasteiger partial charge in [-0.3, -0.25) is 9.78 Å². The monoisotopic (exact) mass is 203 g/mol. The molecule has 0 fully saturated rings. The molecule has 78 valence electrons. The van der Waals surface area contributed by atoms with Gasteiger partial charge in [0, 0.05) is 24.2 Å². The zero-order chi connectivity index (χ0) is 11.1. The van der Waals surface area contributed by atoms with E-state index in [1.165, 1.54) is 6.20 Å². The zero-order valence-electron chi connectivity index (χ0n) is 8.79. The van der Waals surface area contributed by atoms with E-state index in [0.29, 0.717) is 5.56 Å². The highest BCUT2D eigenvalue weighted by molar-refractivity contribution is 5.75. The van der Waals surface area contributed by atoms with E-state index in [4.69, 9.17) is 0 Å². The molecule has 0 aliphatic rings. The van der Waals surface area contributed by atoms with Gasteiger partial charge in [-0.05, 0) is 12.1 Å². The molecule has 0 bridgehead atoms. The molecule has 0 aliphatic carbocycles. The average molecular weight is 203 g/mol. The van der Waals surface area contributed by atoms with Gasteiger partial charge < -0.3 is 0 Å². The highest BCUT2D eigenvalue weighted by Crippen LogP contribution is 2.05. The van der Waals surface area contributed by atoms with Crippen molar-refractivity contribution in [3.63, 3.8) is 0 Å². The predicted molar refractivity (Wildman–Crippen MR) is 58.1 cm³/mol. The molecule has 0 spiro atoms. The Kier molecular flexibility index (Phi) is 4.22. The van der Waals surface area contributed by atoms with Gasteiger partial charge in [0.25, 0.3) is 0 Å². The predicted octanol–water partition coefficient (Wildman–Crippen LogP) is 2.11. The molecule has 0 amide bonds. The molecule has 0 atom stereocenters. The molecule has 4 heteroatoms. The fraction of sp³-hybridized carbons (Fsp3) is 0.182. The minimum Gasteiger partial charge on any atom is -0.298 e. The quantitative estimate of drug-likeness (QED) is 0.702. The molecule has 2 aromatic heterocycles. The smallest absolute Gasteiger partial charge is 0.151 e. The maximum atomic E-state index is 10.5. The van der Waals surface area contributed by atoms with E-state index in [2.05, 4.69) is 10.1 Å². The fourth-order valence-corrected chi connectivity index (χ4v) is 1.06. The van der Waals surface area contributed by atoms with Crippen LogP contribution >= 0.6 is 0 Å². The third-order valence-electron chi connectivity index (χ3n) is 1.65. The van der Waals surface area contributed by atoms with Crippen molar-refractivity contribution >= 4 is 6.29 Å². The molecule has 0 aromatic carbocycles. The first kappa shape index (κ1) is 11.1. The molecular weight excluding hydrogens is 190 g/mol. The molecule has 0 saturated heterocycles. The lowest BCUT2D eigenvalue weighted by Gasteiger charge is -1.99. The number of hydrogen-bond donors (Lipinski definition) is 0. The van der Waals surface area contributed by atoms with Crippen molar-refractivity contribution in [1.29, 1.82) is 0 Å². The molecule has 15 heavy (non-hydrogen) atoms. The highest BCUT2D eigenvalue weighted by Gasteiger charge is 1.97. The first-order valence-electron chi connectivity index (χ1n) is 4.80. The molecule has 2 rings (SSSR count). The summed E-state index contributed by atoms with van der Waals surface area (Å²) in [5, 5.41) is 4.02. The lowest BCUT2D eigenvalue weighted by molar-refractivity contribution is 0.112. The second-order valence-electron chi connectivity index (χ2n) is 2.54. The number of nitrogens with zero attached hydrogens (tertiary/aromatic N) is 3. The summed E-state index contributed by atoms with van der Waals surface area (Å²) in [7, 11) is 0. The van der Waals surface area contributed by atoms with Gasteiger partial charge in [0.2, 0.25) is 0 Å². The van der Waals surface area contributed by atoms with Gasteiger partial charge in [-0.2, -0.15) is 5.10 Å². The summed E-state index contributed by atoms with van der Waals surface area (Å²) >= 11 is 0. The van der Waals surface area contributed by atoms with Crippen LogP contribution in [0.2, 0.25) is 0 Å². The van der Waals surface area contributed by atoms with Gasteiger partial charge in [-0.1, -0.05) is 13.8 Å². The van der Waals surface area contributed by atoms with Crippen LogP contribution in [0.4, 0.5) is 0 Å². The number of aromatic nitrogens is 3. The van der Waals surface area contributed by atoms with Crippen LogP contribution in [0.3, 0.4) is 0 Å². The number of carbonyl (C=O) groups is 1. The molecule has 0 saturated carbocycles. The third-order valence-corrected chi connectivity index (χ3v) is 1.65. The lowest BCUT2D eigenvalue weighted by Crippen LogP contribution is -1.96. The van der Waals surface area contributed by atoms with Crippen LogP contribution in [0.1, 0.15) is 24.2 Å². The van der Waals surface area contributed by atoms with E-state index in [9.17, 15) is 4.79 Å². The molecule has 0 unspecified atom stereocenters. The molecule has 0 radical (unpaired) electrons. The maximum absolute atomic E-state index is 10.5. The lowest BCUT2D eigenvalue weighted by atomic mass is 10.3. The Morgan fingerprint density at radius 3 is 2.73 bits per heavy atom. The second-order valence-corrected chi connectivity index (χ2v) is 2.54. The van der Waals surface area contributed by atoms with Crippen LogP contribution < -0.4 is 0 Å². The summed E-state index contributed by atoms with van der Waals surface area (Å²) in [6, 6.07) is 3.54. The van der Waals surface area contributed by atoms with E-state index in [1.807, 2.05) is 19.9 Å². The number of rotatable bonds is 2. The van der Waals surface area contributed by atoms with Gasteiger partial charge in [-0.25, -0.2) is 4.68 Å². The first-order chi connectivity index (χ1) is 7.40. The van der Waals surface area contributed by atoms with Crippen molar-refractivity contribution < 1.29 is 4.79 Å². The van der Waals surface area contributed by atoms with Crippen LogP contribution in [0.25, 0.3) is 5.69 Å². The van der Waals surface area contributed by atoms with Crippen LogP contribution in [-0.2, 0) is 0 Å². The van der Waals surface area contributed by atoms with E-state index < -0.39 is 0 Å². The van der Waals surface area contributed by atoms with Crippen molar-refractivity contribution in [2.45, 2.75) is 13.8 Å². The molecule has 0 aliphatic heterocycles. The molecular formula is C11H13N3O. The summed E-state index contributed by atoms with van der Waals surface area (Å²) in [6.45, 7) is 4.00.